The van der Waals surface area contributed by atoms with Gasteiger partial charge in [-0.15, -0.1) is 0 Å². The van der Waals surface area contributed by atoms with Crippen molar-refractivity contribution in [1.29, 1.82) is 0 Å². The summed E-state index contributed by atoms with van der Waals surface area (Å²) in [6, 6.07) is 5.99. The van der Waals surface area contributed by atoms with Crippen molar-refractivity contribution in [3.8, 4) is 0 Å². The molecule has 0 N–H and O–H groups in total. The Morgan fingerprint density at radius 3 is 2.91 bits per heavy atom. The zero-order valence-electron chi connectivity index (χ0n) is 7.12. The lowest BCUT2D eigenvalue weighted by atomic mass is 10.0. The SMILES string of the molecule is CCC(C)[CH]c1ccccn1. The van der Waals surface area contributed by atoms with E-state index < -0.39 is 0 Å². The zero-order chi connectivity index (χ0) is 8.10. The van der Waals surface area contributed by atoms with E-state index in [0.29, 0.717) is 5.92 Å². The molecule has 1 radical (unpaired) electrons. The van der Waals surface area contributed by atoms with Gasteiger partial charge in [0, 0.05) is 18.3 Å². The van der Waals surface area contributed by atoms with Gasteiger partial charge in [-0.25, -0.2) is 0 Å². The Kier molecular flexibility index (Phi) is 3.09. The van der Waals surface area contributed by atoms with E-state index in [1.54, 1.807) is 0 Å². The first kappa shape index (κ1) is 8.25. The Morgan fingerprint density at radius 2 is 2.36 bits per heavy atom. The highest BCUT2D eigenvalue weighted by molar-refractivity contribution is 5.13. The number of aromatic nitrogens is 1. The molecule has 0 aromatic carbocycles. The standard InChI is InChI=1S/C10H14N/c1-3-9(2)8-10-6-4-5-7-11-10/h4-9H,3H2,1-2H3. The van der Waals surface area contributed by atoms with E-state index >= 15 is 0 Å². The fourth-order valence-corrected chi connectivity index (χ4v) is 0.884. The van der Waals surface area contributed by atoms with Crippen molar-refractivity contribution < 1.29 is 0 Å². The van der Waals surface area contributed by atoms with Crippen LogP contribution in [0, 0.1) is 12.3 Å². The molecule has 1 aromatic heterocycles. The molecule has 1 rings (SSSR count). The smallest absolute Gasteiger partial charge is 0.0443 e. The van der Waals surface area contributed by atoms with Crippen molar-refractivity contribution in [1.82, 2.24) is 4.98 Å². The summed E-state index contributed by atoms with van der Waals surface area (Å²) in [6.07, 6.45) is 5.20. The quantitative estimate of drug-likeness (QED) is 0.642. The van der Waals surface area contributed by atoms with Crippen LogP contribution in [0.5, 0.6) is 0 Å². The summed E-state index contributed by atoms with van der Waals surface area (Å²) in [4.78, 5) is 4.21. The molecule has 1 atom stereocenters. The summed E-state index contributed by atoms with van der Waals surface area (Å²) < 4.78 is 0. The third kappa shape index (κ3) is 2.71. The lowest BCUT2D eigenvalue weighted by molar-refractivity contribution is 0.654. The fraction of sp³-hybridized carbons (Fsp3) is 0.400. The molecule has 11 heavy (non-hydrogen) atoms. The van der Waals surface area contributed by atoms with Crippen molar-refractivity contribution in [2.75, 3.05) is 0 Å². The van der Waals surface area contributed by atoms with Crippen molar-refractivity contribution in [2.24, 2.45) is 5.92 Å². The fourth-order valence-electron chi connectivity index (χ4n) is 0.884. The molecule has 0 amide bonds. The van der Waals surface area contributed by atoms with Gasteiger partial charge in [0.2, 0.25) is 0 Å². The summed E-state index contributed by atoms with van der Waals surface area (Å²) in [5.74, 6) is 0.630. The van der Waals surface area contributed by atoms with Gasteiger partial charge in [-0.1, -0.05) is 26.3 Å². The van der Waals surface area contributed by atoms with E-state index in [-0.39, 0.29) is 0 Å². The van der Waals surface area contributed by atoms with Crippen LogP contribution in [0.1, 0.15) is 26.0 Å². The zero-order valence-corrected chi connectivity index (χ0v) is 7.12. The molecule has 0 saturated heterocycles. The van der Waals surface area contributed by atoms with E-state index in [4.69, 9.17) is 0 Å². The Morgan fingerprint density at radius 1 is 1.55 bits per heavy atom. The Labute approximate surface area is 68.5 Å². The van der Waals surface area contributed by atoms with E-state index in [0.717, 1.165) is 5.69 Å². The Hall–Kier alpha value is -0.850. The topological polar surface area (TPSA) is 12.9 Å². The first-order valence-electron chi connectivity index (χ1n) is 4.09. The molecule has 0 aliphatic rings. The predicted molar refractivity (Wildman–Crippen MR) is 47.1 cm³/mol. The van der Waals surface area contributed by atoms with Crippen LogP contribution in [0.3, 0.4) is 0 Å². The summed E-state index contributed by atoms with van der Waals surface area (Å²) >= 11 is 0. The van der Waals surface area contributed by atoms with E-state index in [1.165, 1.54) is 6.42 Å². The maximum absolute atomic E-state index is 4.21. The van der Waals surface area contributed by atoms with Gasteiger partial charge < -0.3 is 0 Å². The van der Waals surface area contributed by atoms with E-state index in [9.17, 15) is 0 Å². The predicted octanol–water partition coefficient (Wildman–Crippen LogP) is 2.68. The molecule has 1 heterocycles. The molecule has 1 nitrogen and oxygen atoms in total. The van der Waals surface area contributed by atoms with Gasteiger partial charge in [-0.3, -0.25) is 4.98 Å². The van der Waals surface area contributed by atoms with Gasteiger partial charge in [-0.05, 0) is 18.1 Å². The molecule has 1 aromatic rings. The molecule has 0 bridgehead atoms. The molecule has 1 unspecified atom stereocenters. The van der Waals surface area contributed by atoms with Crippen molar-refractivity contribution in [2.45, 2.75) is 20.3 Å². The van der Waals surface area contributed by atoms with E-state index in [2.05, 4.69) is 25.3 Å². The molecule has 59 valence electrons. The van der Waals surface area contributed by atoms with Gasteiger partial charge in [-0.2, -0.15) is 0 Å². The minimum atomic E-state index is 0.630. The van der Waals surface area contributed by atoms with Gasteiger partial charge in [0.25, 0.3) is 0 Å². The second-order valence-corrected chi connectivity index (χ2v) is 2.81. The minimum Gasteiger partial charge on any atom is -0.261 e. The molecular formula is C10H14N. The number of hydrogen-bond donors (Lipinski definition) is 0. The summed E-state index contributed by atoms with van der Waals surface area (Å²) in [5, 5.41) is 0. The highest BCUT2D eigenvalue weighted by Gasteiger charge is 2.00. The van der Waals surface area contributed by atoms with Crippen molar-refractivity contribution in [3.63, 3.8) is 0 Å². The average molecular weight is 148 g/mol. The average Bonchev–Trinajstić information content (AvgIpc) is 2.06. The van der Waals surface area contributed by atoms with Crippen LogP contribution in [0.4, 0.5) is 0 Å². The van der Waals surface area contributed by atoms with Gasteiger partial charge in [0.15, 0.2) is 0 Å². The third-order valence-corrected chi connectivity index (χ3v) is 1.79. The van der Waals surface area contributed by atoms with Crippen LogP contribution in [0.2, 0.25) is 0 Å². The second-order valence-electron chi connectivity index (χ2n) is 2.81. The maximum atomic E-state index is 4.21. The molecule has 1 heteroatoms. The van der Waals surface area contributed by atoms with E-state index in [1.807, 2.05) is 24.4 Å². The van der Waals surface area contributed by atoms with Crippen molar-refractivity contribution >= 4 is 0 Å². The van der Waals surface area contributed by atoms with Gasteiger partial charge in [0.1, 0.15) is 0 Å². The van der Waals surface area contributed by atoms with Crippen LogP contribution in [-0.4, -0.2) is 4.98 Å². The van der Waals surface area contributed by atoms with Crippen molar-refractivity contribution in [3.05, 3.63) is 36.5 Å². The molecule has 0 aliphatic carbocycles. The van der Waals surface area contributed by atoms with Crippen LogP contribution in [-0.2, 0) is 0 Å². The monoisotopic (exact) mass is 148 g/mol. The normalized spacial score (nSPS) is 12.9. The number of rotatable bonds is 3. The lowest BCUT2D eigenvalue weighted by Crippen LogP contribution is -1.96. The largest absolute Gasteiger partial charge is 0.261 e. The van der Waals surface area contributed by atoms with Crippen LogP contribution < -0.4 is 0 Å². The number of nitrogens with zero attached hydrogens (tertiary/aromatic N) is 1. The van der Waals surface area contributed by atoms with Crippen LogP contribution >= 0.6 is 0 Å². The summed E-state index contributed by atoms with van der Waals surface area (Å²) in [7, 11) is 0. The summed E-state index contributed by atoms with van der Waals surface area (Å²) in [5.41, 5.74) is 1.09. The summed E-state index contributed by atoms with van der Waals surface area (Å²) in [6.45, 7) is 4.39. The van der Waals surface area contributed by atoms with Crippen LogP contribution in [0.15, 0.2) is 24.4 Å². The van der Waals surface area contributed by atoms with Gasteiger partial charge >= 0.3 is 0 Å². The number of hydrogen-bond acceptors (Lipinski definition) is 1. The number of pyridine rings is 1. The highest BCUT2D eigenvalue weighted by atomic mass is 14.7. The molecule has 0 saturated carbocycles. The Balaban J connectivity index is 2.51. The Bertz CT molecular complexity index is 193. The molecule has 0 aliphatic heterocycles. The first-order chi connectivity index (χ1) is 5.33. The lowest BCUT2D eigenvalue weighted by Gasteiger charge is -2.05. The highest BCUT2D eigenvalue weighted by Crippen LogP contribution is 2.10. The third-order valence-electron chi connectivity index (χ3n) is 1.79. The molecule has 0 spiro atoms. The molecule has 0 fully saturated rings. The van der Waals surface area contributed by atoms with Gasteiger partial charge in [0.05, 0.1) is 0 Å². The molecular weight excluding hydrogens is 134 g/mol. The first-order valence-corrected chi connectivity index (χ1v) is 4.09. The minimum absolute atomic E-state index is 0.630. The maximum Gasteiger partial charge on any atom is 0.0443 e. The second kappa shape index (κ2) is 4.12. The van der Waals surface area contributed by atoms with Crippen LogP contribution in [0.25, 0.3) is 0 Å².